The Balaban J connectivity index is 2.50. The Kier molecular flexibility index (Phi) is 5.51. The average Bonchev–Trinajstić information content (AvgIpc) is 2.45. The molecule has 20 heavy (non-hydrogen) atoms. The Morgan fingerprint density at radius 1 is 1.05 bits per heavy atom. The lowest BCUT2D eigenvalue weighted by Gasteiger charge is -2.31. The van der Waals surface area contributed by atoms with Crippen LogP contribution in [0.2, 0.25) is 19.6 Å². The van der Waals surface area contributed by atoms with Gasteiger partial charge in [-0.1, -0.05) is 74.4 Å². The second kappa shape index (κ2) is 6.95. The first kappa shape index (κ1) is 15.8. The van der Waals surface area contributed by atoms with Crippen LogP contribution in [0, 0.1) is 5.92 Å². The van der Waals surface area contributed by atoms with E-state index in [0.29, 0.717) is 5.88 Å². The van der Waals surface area contributed by atoms with Gasteiger partial charge in [0.2, 0.25) is 0 Å². The fraction of sp³-hybridized carbons (Fsp3) is 0.556. The van der Waals surface area contributed by atoms with Crippen molar-refractivity contribution in [1.29, 1.82) is 0 Å². The second-order valence-electron chi connectivity index (χ2n) is 6.98. The summed E-state index contributed by atoms with van der Waals surface area (Å²) in [5, 5.41) is 1.57. The molecule has 1 aliphatic rings. The maximum atomic E-state index is 6.39. The van der Waals surface area contributed by atoms with E-state index in [0.717, 1.165) is 5.92 Å². The number of hydrogen-bond donors (Lipinski definition) is 0. The Hall–Kier alpha value is -0.533. The summed E-state index contributed by atoms with van der Waals surface area (Å²) in [6.45, 7) is 7.28. The summed E-state index contributed by atoms with van der Waals surface area (Å²) < 4.78 is 0. The normalized spacial score (nSPS) is 18.8. The van der Waals surface area contributed by atoms with Crippen LogP contribution in [0.3, 0.4) is 0 Å². The van der Waals surface area contributed by atoms with E-state index in [9.17, 15) is 0 Å². The first-order valence-electron chi connectivity index (χ1n) is 7.89. The van der Waals surface area contributed by atoms with Crippen molar-refractivity contribution in [1.82, 2.24) is 0 Å². The third-order valence-electron chi connectivity index (χ3n) is 4.46. The van der Waals surface area contributed by atoms with Crippen molar-refractivity contribution >= 4 is 25.2 Å². The van der Waals surface area contributed by atoms with Gasteiger partial charge in [0, 0.05) is 5.88 Å². The van der Waals surface area contributed by atoms with Gasteiger partial charge in [-0.15, -0.1) is 11.6 Å². The van der Waals surface area contributed by atoms with E-state index in [1.54, 1.807) is 10.8 Å². The minimum Gasteiger partial charge on any atom is -0.122 e. The van der Waals surface area contributed by atoms with E-state index in [1.165, 1.54) is 37.7 Å². The Morgan fingerprint density at radius 3 is 2.15 bits per heavy atom. The fourth-order valence-electron chi connectivity index (χ4n) is 3.34. The molecule has 1 saturated carbocycles. The lowest BCUT2D eigenvalue weighted by Crippen LogP contribution is -2.28. The van der Waals surface area contributed by atoms with Crippen molar-refractivity contribution in [3.8, 4) is 0 Å². The maximum absolute atomic E-state index is 6.39. The van der Waals surface area contributed by atoms with Crippen LogP contribution in [-0.4, -0.2) is 14.0 Å². The van der Waals surface area contributed by atoms with Crippen molar-refractivity contribution < 1.29 is 0 Å². The molecule has 0 bridgehead atoms. The highest BCUT2D eigenvalue weighted by Crippen LogP contribution is 2.39. The number of benzene rings is 1. The van der Waals surface area contributed by atoms with Gasteiger partial charge in [-0.25, -0.2) is 0 Å². The molecule has 0 atom stereocenters. The molecule has 0 nitrogen and oxygen atoms in total. The molecule has 2 rings (SSSR count). The van der Waals surface area contributed by atoms with Crippen LogP contribution < -0.4 is 0 Å². The van der Waals surface area contributed by atoms with Crippen LogP contribution in [-0.2, 0) is 0 Å². The highest BCUT2D eigenvalue weighted by atomic mass is 35.5. The second-order valence-corrected chi connectivity index (χ2v) is 12.3. The standard InChI is InChI=1S/C18H27ClSi/c1-20(2,3)17(14-19)18(15-10-6-4-7-11-15)16-12-8-5-9-13-16/h4,6-7,10-11,16H,5,8-9,12-14H2,1-3H3/b18-17-. The topological polar surface area (TPSA) is 0 Å². The zero-order chi connectivity index (χ0) is 14.6. The van der Waals surface area contributed by atoms with Crippen molar-refractivity contribution in [3.63, 3.8) is 0 Å². The largest absolute Gasteiger partial charge is 0.122 e. The van der Waals surface area contributed by atoms with E-state index >= 15 is 0 Å². The van der Waals surface area contributed by atoms with Crippen LogP contribution >= 0.6 is 11.6 Å². The molecule has 0 unspecified atom stereocenters. The molecule has 110 valence electrons. The maximum Gasteiger partial charge on any atom is 0.0744 e. The van der Waals surface area contributed by atoms with Gasteiger partial charge in [-0.05, 0) is 29.9 Å². The SMILES string of the molecule is C[Si](C)(C)/C(CCl)=C(/c1ccccc1)C1CCCCC1. The monoisotopic (exact) mass is 306 g/mol. The Labute approximate surface area is 130 Å². The Bertz CT molecular complexity index is 450. The summed E-state index contributed by atoms with van der Waals surface area (Å²) in [5.41, 5.74) is 3.01. The van der Waals surface area contributed by atoms with Gasteiger partial charge in [0.15, 0.2) is 0 Å². The van der Waals surface area contributed by atoms with Gasteiger partial charge < -0.3 is 0 Å². The van der Waals surface area contributed by atoms with Gasteiger partial charge in [0.1, 0.15) is 0 Å². The van der Waals surface area contributed by atoms with E-state index in [2.05, 4.69) is 50.0 Å². The predicted molar refractivity (Wildman–Crippen MR) is 94.0 cm³/mol. The molecule has 1 aromatic carbocycles. The van der Waals surface area contributed by atoms with Crippen molar-refractivity contribution in [2.75, 3.05) is 5.88 Å². The predicted octanol–water partition coefficient (Wildman–Crippen LogP) is 6.14. The van der Waals surface area contributed by atoms with Gasteiger partial charge in [0.25, 0.3) is 0 Å². The highest BCUT2D eigenvalue weighted by Gasteiger charge is 2.28. The first-order chi connectivity index (χ1) is 9.54. The zero-order valence-corrected chi connectivity index (χ0v) is 14.8. The average molecular weight is 307 g/mol. The summed E-state index contributed by atoms with van der Waals surface area (Å²) in [6, 6.07) is 11.0. The molecule has 1 fully saturated rings. The minimum absolute atomic E-state index is 0.705. The quantitative estimate of drug-likeness (QED) is 0.463. The van der Waals surface area contributed by atoms with E-state index in [1.807, 2.05) is 0 Å². The minimum atomic E-state index is -1.37. The number of allylic oxidation sites excluding steroid dienone is 2. The lowest BCUT2D eigenvalue weighted by atomic mass is 9.81. The van der Waals surface area contributed by atoms with E-state index in [-0.39, 0.29) is 0 Å². The summed E-state index contributed by atoms with van der Waals surface area (Å²) in [5.74, 6) is 1.43. The van der Waals surface area contributed by atoms with E-state index < -0.39 is 8.07 Å². The summed E-state index contributed by atoms with van der Waals surface area (Å²) in [6.07, 6.45) is 6.84. The van der Waals surface area contributed by atoms with Gasteiger partial charge >= 0.3 is 0 Å². The molecule has 0 heterocycles. The molecule has 0 aliphatic heterocycles. The van der Waals surface area contributed by atoms with Crippen LogP contribution in [0.25, 0.3) is 5.57 Å². The van der Waals surface area contributed by atoms with Crippen molar-refractivity contribution in [2.24, 2.45) is 5.92 Å². The molecular weight excluding hydrogens is 280 g/mol. The summed E-state index contributed by atoms with van der Waals surface area (Å²) in [4.78, 5) is 0. The third kappa shape index (κ3) is 3.77. The van der Waals surface area contributed by atoms with Crippen molar-refractivity contribution in [3.05, 3.63) is 41.1 Å². The summed E-state index contributed by atoms with van der Waals surface area (Å²) >= 11 is 6.39. The van der Waals surface area contributed by atoms with Crippen LogP contribution in [0.5, 0.6) is 0 Å². The molecule has 0 saturated heterocycles. The fourth-order valence-corrected chi connectivity index (χ4v) is 6.25. The third-order valence-corrected chi connectivity index (χ3v) is 7.21. The molecule has 0 amide bonds. The molecular formula is C18H27ClSi. The number of halogens is 1. The lowest BCUT2D eigenvalue weighted by molar-refractivity contribution is 0.429. The summed E-state index contributed by atoms with van der Waals surface area (Å²) in [7, 11) is -1.37. The van der Waals surface area contributed by atoms with Gasteiger partial charge in [-0.3, -0.25) is 0 Å². The molecule has 0 aromatic heterocycles. The zero-order valence-electron chi connectivity index (χ0n) is 13.1. The van der Waals surface area contributed by atoms with Gasteiger partial charge in [-0.2, -0.15) is 0 Å². The van der Waals surface area contributed by atoms with E-state index in [4.69, 9.17) is 11.6 Å². The van der Waals surface area contributed by atoms with Crippen LogP contribution in [0.1, 0.15) is 37.7 Å². The van der Waals surface area contributed by atoms with Crippen LogP contribution in [0.4, 0.5) is 0 Å². The van der Waals surface area contributed by atoms with Crippen molar-refractivity contribution in [2.45, 2.75) is 51.7 Å². The number of rotatable bonds is 4. The van der Waals surface area contributed by atoms with Crippen LogP contribution in [0.15, 0.2) is 35.5 Å². The number of alkyl halides is 1. The molecule has 1 aliphatic carbocycles. The molecule has 2 heteroatoms. The molecule has 0 spiro atoms. The highest BCUT2D eigenvalue weighted by molar-refractivity contribution is 6.84. The smallest absolute Gasteiger partial charge is 0.0744 e. The van der Waals surface area contributed by atoms with Gasteiger partial charge in [0.05, 0.1) is 8.07 Å². The molecule has 0 radical (unpaired) electrons. The first-order valence-corrected chi connectivity index (χ1v) is 11.9. The Morgan fingerprint density at radius 2 is 1.65 bits per heavy atom. The number of hydrogen-bond acceptors (Lipinski definition) is 0. The molecule has 0 N–H and O–H groups in total. The molecule has 1 aromatic rings.